The van der Waals surface area contributed by atoms with Gasteiger partial charge in [-0.05, 0) is 31.0 Å². The van der Waals surface area contributed by atoms with Crippen molar-refractivity contribution in [3.63, 3.8) is 0 Å². The molecule has 84 valence electrons. The smallest absolute Gasteiger partial charge is 0.151 e. The van der Waals surface area contributed by atoms with Gasteiger partial charge in [0.15, 0.2) is 5.82 Å². The third-order valence-electron chi connectivity index (χ3n) is 2.69. The van der Waals surface area contributed by atoms with Crippen LogP contribution in [0.25, 0.3) is 0 Å². The number of aromatic nitrogens is 2. The number of benzene rings is 1. The first-order chi connectivity index (χ1) is 8.22. The summed E-state index contributed by atoms with van der Waals surface area (Å²) in [6, 6.07) is 8.04. The normalized spacial score (nSPS) is 9.71. The van der Waals surface area contributed by atoms with Crippen molar-refractivity contribution < 1.29 is 0 Å². The minimum atomic E-state index is 0.438. The maximum absolute atomic E-state index is 8.95. The van der Waals surface area contributed by atoms with Crippen molar-refractivity contribution in [1.82, 2.24) is 9.97 Å². The lowest BCUT2D eigenvalue weighted by Crippen LogP contribution is -1.99. The summed E-state index contributed by atoms with van der Waals surface area (Å²) in [5.41, 5.74) is 3.74. The van der Waals surface area contributed by atoms with E-state index in [0.29, 0.717) is 11.4 Å². The predicted octanol–water partition coefficient (Wildman–Crippen LogP) is 2.71. The van der Waals surface area contributed by atoms with Crippen molar-refractivity contribution in [3.8, 4) is 6.07 Å². The highest BCUT2D eigenvalue weighted by Crippen LogP contribution is 2.22. The third-order valence-corrected chi connectivity index (χ3v) is 2.69. The zero-order valence-corrected chi connectivity index (χ0v) is 9.73. The Kier molecular flexibility index (Phi) is 3.01. The molecule has 0 unspecified atom stereocenters. The Morgan fingerprint density at radius 3 is 2.88 bits per heavy atom. The van der Waals surface area contributed by atoms with Crippen LogP contribution in [0.2, 0.25) is 0 Å². The van der Waals surface area contributed by atoms with Gasteiger partial charge in [0, 0.05) is 5.69 Å². The van der Waals surface area contributed by atoms with Gasteiger partial charge < -0.3 is 5.32 Å². The molecule has 0 aliphatic carbocycles. The SMILES string of the molecule is Cc1cccc(Nc2ncncc2C#N)c1C. The predicted molar refractivity (Wildman–Crippen MR) is 65.9 cm³/mol. The standard InChI is InChI=1S/C13H12N4/c1-9-4-3-5-12(10(9)2)17-13-11(6-14)7-15-8-16-13/h3-5,7-8H,1-2H3,(H,15,16,17). The molecule has 0 radical (unpaired) electrons. The van der Waals surface area contributed by atoms with E-state index in [1.54, 1.807) is 0 Å². The van der Waals surface area contributed by atoms with Gasteiger partial charge in [-0.3, -0.25) is 0 Å². The maximum atomic E-state index is 8.95. The van der Waals surface area contributed by atoms with E-state index in [1.807, 2.05) is 32.0 Å². The molecule has 0 aliphatic heterocycles. The van der Waals surface area contributed by atoms with Crippen molar-refractivity contribution in [2.45, 2.75) is 13.8 Å². The van der Waals surface area contributed by atoms with E-state index in [0.717, 1.165) is 11.3 Å². The summed E-state index contributed by atoms with van der Waals surface area (Å²) in [5.74, 6) is 0.538. The van der Waals surface area contributed by atoms with Crippen molar-refractivity contribution in [2.24, 2.45) is 0 Å². The van der Waals surface area contributed by atoms with Crippen LogP contribution in [0.5, 0.6) is 0 Å². The lowest BCUT2D eigenvalue weighted by Gasteiger charge is -2.11. The molecule has 1 N–H and O–H groups in total. The molecule has 1 heterocycles. The second-order valence-electron chi connectivity index (χ2n) is 3.77. The molecule has 0 amide bonds. The summed E-state index contributed by atoms with van der Waals surface area (Å²) in [6.45, 7) is 4.08. The highest BCUT2D eigenvalue weighted by Gasteiger charge is 2.06. The second kappa shape index (κ2) is 4.62. The van der Waals surface area contributed by atoms with Crippen molar-refractivity contribution >= 4 is 11.5 Å². The number of rotatable bonds is 2. The molecule has 0 spiro atoms. The Labute approximate surface area is 100.0 Å². The number of aryl methyl sites for hydroxylation is 1. The van der Waals surface area contributed by atoms with Crippen LogP contribution < -0.4 is 5.32 Å². The van der Waals surface area contributed by atoms with Gasteiger partial charge in [-0.2, -0.15) is 5.26 Å². The Morgan fingerprint density at radius 2 is 2.12 bits per heavy atom. The van der Waals surface area contributed by atoms with E-state index < -0.39 is 0 Å². The van der Waals surface area contributed by atoms with Gasteiger partial charge in [0.2, 0.25) is 0 Å². The molecule has 0 saturated heterocycles. The zero-order chi connectivity index (χ0) is 12.3. The van der Waals surface area contributed by atoms with E-state index in [2.05, 4.69) is 21.4 Å². The van der Waals surface area contributed by atoms with E-state index in [9.17, 15) is 0 Å². The molecule has 0 aliphatic rings. The topological polar surface area (TPSA) is 61.6 Å². The van der Waals surface area contributed by atoms with Crippen LogP contribution in [0.1, 0.15) is 16.7 Å². The molecule has 2 aromatic rings. The van der Waals surface area contributed by atoms with Crippen molar-refractivity contribution in [3.05, 3.63) is 47.4 Å². The van der Waals surface area contributed by atoms with Crippen LogP contribution in [0.15, 0.2) is 30.7 Å². The molecule has 17 heavy (non-hydrogen) atoms. The minimum Gasteiger partial charge on any atom is -0.339 e. The fourth-order valence-electron chi connectivity index (χ4n) is 1.53. The van der Waals surface area contributed by atoms with Gasteiger partial charge in [0.25, 0.3) is 0 Å². The number of anilines is 2. The molecule has 1 aromatic heterocycles. The van der Waals surface area contributed by atoms with Crippen molar-refractivity contribution in [2.75, 3.05) is 5.32 Å². The fourth-order valence-corrected chi connectivity index (χ4v) is 1.53. The molecule has 4 heteroatoms. The molecule has 0 saturated carbocycles. The molecule has 0 bridgehead atoms. The average molecular weight is 224 g/mol. The quantitative estimate of drug-likeness (QED) is 0.851. The van der Waals surface area contributed by atoms with Gasteiger partial charge >= 0.3 is 0 Å². The molecule has 1 aromatic carbocycles. The highest BCUT2D eigenvalue weighted by atomic mass is 15.0. The second-order valence-corrected chi connectivity index (χ2v) is 3.77. The van der Waals surface area contributed by atoms with E-state index in [4.69, 9.17) is 5.26 Å². The molecular formula is C13H12N4. The van der Waals surface area contributed by atoms with Crippen LogP contribution in [-0.2, 0) is 0 Å². The number of hydrogen-bond donors (Lipinski definition) is 1. The highest BCUT2D eigenvalue weighted by molar-refractivity contribution is 5.65. The number of nitrogens with one attached hydrogen (secondary N) is 1. The number of nitrogens with zero attached hydrogens (tertiary/aromatic N) is 3. The molecule has 0 fully saturated rings. The Morgan fingerprint density at radius 1 is 1.29 bits per heavy atom. The summed E-state index contributed by atoms with van der Waals surface area (Å²) in [5, 5.41) is 12.1. The van der Waals surface area contributed by atoms with Crippen LogP contribution in [0.4, 0.5) is 11.5 Å². The third kappa shape index (κ3) is 2.23. The van der Waals surface area contributed by atoms with Crippen LogP contribution in [0.3, 0.4) is 0 Å². The van der Waals surface area contributed by atoms with Crippen LogP contribution >= 0.6 is 0 Å². The summed E-state index contributed by atoms with van der Waals surface area (Å²) >= 11 is 0. The molecule has 4 nitrogen and oxygen atoms in total. The van der Waals surface area contributed by atoms with E-state index in [1.165, 1.54) is 18.1 Å². The van der Waals surface area contributed by atoms with E-state index >= 15 is 0 Å². The molecule has 0 atom stereocenters. The van der Waals surface area contributed by atoms with Gasteiger partial charge in [0.1, 0.15) is 18.0 Å². The Bertz CT molecular complexity index is 584. The minimum absolute atomic E-state index is 0.438. The number of hydrogen-bond acceptors (Lipinski definition) is 4. The monoisotopic (exact) mass is 224 g/mol. The maximum Gasteiger partial charge on any atom is 0.151 e. The first-order valence-electron chi connectivity index (χ1n) is 5.25. The van der Waals surface area contributed by atoms with Gasteiger partial charge in [-0.15, -0.1) is 0 Å². The van der Waals surface area contributed by atoms with Gasteiger partial charge in [0.05, 0.1) is 6.20 Å². The molecule has 2 rings (SSSR count). The first kappa shape index (κ1) is 11.1. The lowest BCUT2D eigenvalue weighted by molar-refractivity contribution is 1.15. The summed E-state index contributed by atoms with van der Waals surface area (Å²) < 4.78 is 0. The van der Waals surface area contributed by atoms with Crippen LogP contribution in [0, 0.1) is 25.2 Å². The zero-order valence-electron chi connectivity index (χ0n) is 9.73. The summed E-state index contributed by atoms with van der Waals surface area (Å²) in [7, 11) is 0. The van der Waals surface area contributed by atoms with E-state index in [-0.39, 0.29) is 0 Å². The Hall–Kier alpha value is -2.41. The first-order valence-corrected chi connectivity index (χ1v) is 5.25. The summed E-state index contributed by atoms with van der Waals surface area (Å²) in [6.07, 6.45) is 2.93. The lowest BCUT2D eigenvalue weighted by atomic mass is 10.1. The molecular weight excluding hydrogens is 212 g/mol. The largest absolute Gasteiger partial charge is 0.339 e. The summed E-state index contributed by atoms with van der Waals surface area (Å²) in [4.78, 5) is 7.90. The Balaban J connectivity index is 2.39. The fraction of sp³-hybridized carbons (Fsp3) is 0.154. The van der Waals surface area contributed by atoms with Crippen molar-refractivity contribution in [1.29, 1.82) is 5.26 Å². The average Bonchev–Trinajstić information content (AvgIpc) is 2.35. The van der Waals surface area contributed by atoms with Gasteiger partial charge in [-0.1, -0.05) is 12.1 Å². The van der Waals surface area contributed by atoms with Gasteiger partial charge in [-0.25, -0.2) is 9.97 Å². The van der Waals surface area contributed by atoms with Crippen LogP contribution in [-0.4, -0.2) is 9.97 Å². The number of nitriles is 1.